The van der Waals surface area contributed by atoms with Crippen molar-refractivity contribution in [1.29, 1.82) is 0 Å². The first kappa shape index (κ1) is 45.7. The summed E-state index contributed by atoms with van der Waals surface area (Å²) in [7, 11) is 0. The Morgan fingerprint density at radius 3 is 1.62 bits per heavy atom. The molecule has 1 spiro atoms. The summed E-state index contributed by atoms with van der Waals surface area (Å²) in [6, 6.07) is 80.1. The molecule has 1 atom stereocenters. The molecule has 1 unspecified atom stereocenters. The molecule has 2 heterocycles. The van der Waals surface area contributed by atoms with Gasteiger partial charge in [-0.1, -0.05) is 202 Å². The van der Waals surface area contributed by atoms with Crippen LogP contribution in [0.25, 0.3) is 82.1 Å². The van der Waals surface area contributed by atoms with Gasteiger partial charge in [0.05, 0.1) is 22.5 Å². The Kier molecular flexibility index (Phi) is 10.4. The fourth-order valence-corrected chi connectivity index (χ4v) is 13.7. The van der Waals surface area contributed by atoms with E-state index in [9.17, 15) is 0 Å². The van der Waals surface area contributed by atoms with Gasteiger partial charge in [0, 0.05) is 44.0 Å². The lowest BCUT2D eigenvalue weighted by molar-refractivity contribution is 0.663. The molecule has 11 aromatic carbocycles. The Labute approximate surface area is 453 Å². The monoisotopic (exact) mass is 1000 g/mol. The number of hydrogen-bond acceptors (Lipinski definition) is 4. The summed E-state index contributed by atoms with van der Waals surface area (Å²) >= 11 is 0. The predicted octanol–water partition coefficient (Wildman–Crippen LogP) is 20.7. The third-order valence-electron chi connectivity index (χ3n) is 16.9. The van der Waals surface area contributed by atoms with E-state index >= 15 is 0 Å². The number of rotatable bonds is 10. The molecule has 4 heteroatoms. The van der Waals surface area contributed by atoms with Gasteiger partial charge in [-0.3, -0.25) is 0 Å². The van der Waals surface area contributed by atoms with Crippen molar-refractivity contribution < 1.29 is 8.83 Å². The smallest absolute Gasteiger partial charge is 0.159 e. The maximum atomic E-state index is 7.10. The molecule has 372 valence electrons. The number of allylic oxidation sites excluding steroid dienone is 5. The van der Waals surface area contributed by atoms with Crippen molar-refractivity contribution in [2.75, 3.05) is 9.80 Å². The summed E-state index contributed by atoms with van der Waals surface area (Å²) in [5.74, 6) is 0. The van der Waals surface area contributed by atoms with Crippen LogP contribution in [0.1, 0.15) is 54.2 Å². The number of furan rings is 2. The molecule has 0 N–H and O–H groups in total. The van der Waals surface area contributed by atoms with E-state index in [4.69, 9.17) is 8.83 Å². The molecule has 0 saturated heterocycles. The zero-order valence-electron chi connectivity index (χ0n) is 43.8. The van der Waals surface area contributed by atoms with E-state index in [-0.39, 0.29) is 0 Å². The summed E-state index contributed by atoms with van der Waals surface area (Å²) < 4.78 is 14.1. The zero-order chi connectivity index (χ0) is 52.2. The minimum absolute atomic E-state index is 0.739. The van der Waals surface area contributed by atoms with Gasteiger partial charge in [0.25, 0.3) is 0 Å². The summed E-state index contributed by atoms with van der Waals surface area (Å²) in [6.07, 6.45) is 8.40. The van der Waals surface area contributed by atoms with Crippen LogP contribution in [0.15, 0.2) is 258 Å². The Morgan fingerprint density at radius 1 is 0.436 bits per heavy atom. The highest BCUT2D eigenvalue weighted by atomic mass is 16.3. The molecule has 0 aliphatic heterocycles. The van der Waals surface area contributed by atoms with Crippen LogP contribution in [0.4, 0.5) is 34.1 Å². The van der Waals surface area contributed by atoms with Gasteiger partial charge in [-0.2, -0.15) is 0 Å². The normalized spacial score (nSPS) is 14.7. The van der Waals surface area contributed by atoms with Crippen LogP contribution in [0.5, 0.6) is 0 Å². The summed E-state index contributed by atoms with van der Waals surface area (Å²) in [5.41, 5.74) is 21.3. The van der Waals surface area contributed by atoms with Gasteiger partial charge in [0.2, 0.25) is 0 Å². The molecule has 2 aliphatic rings. The Bertz CT molecular complexity index is 4690. The highest BCUT2D eigenvalue weighted by molar-refractivity contribution is 6.18. The quantitative estimate of drug-likeness (QED) is 0.137. The van der Waals surface area contributed by atoms with Crippen molar-refractivity contribution in [2.45, 2.75) is 39.0 Å². The lowest BCUT2D eigenvalue weighted by atomic mass is 9.68. The molecule has 15 rings (SSSR count). The van der Waals surface area contributed by atoms with Crippen LogP contribution in [0.2, 0.25) is 0 Å². The highest BCUT2D eigenvalue weighted by Crippen LogP contribution is 2.66. The number of anilines is 6. The molecule has 78 heavy (non-hydrogen) atoms. The lowest BCUT2D eigenvalue weighted by Gasteiger charge is -2.34. The first-order chi connectivity index (χ1) is 38.5. The van der Waals surface area contributed by atoms with Crippen LogP contribution in [-0.4, -0.2) is 0 Å². The lowest BCUT2D eigenvalue weighted by Crippen LogP contribution is -2.27. The van der Waals surface area contributed by atoms with Crippen LogP contribution in [0.3, 0.4) is 0 Å². The van der Waals surface area contributed by atoms with Crippen molar-refractivity contribution >= 4 is 105 Å². The number of para-hydroxylation sites is 6. The van der Waals surface area contributed by atoms with Gasteiger partial charge in [-0.15, -0.1) is 0 Å². The van der Waals surface area contributed by atoms with Crippen LogP contribution in [-0.2, 0) is 18.3 Å². The van der Waals surface area contributed by atoms with E-state index in [0.717, 1.165) is 107 Å². The summed E-state index contributed by atoms with van der Waals surface area (Å²) in [5, 5.41) is 9.16. The maximum absolute atomic E-state index is 7.10. The second kappa shape index (κ2) is 17.7. The molecular formula is C74H54N2O2. The predicted molar refractivity (Wildman–Crippen MR) is 328 cm³/mol. The standard InChI is InChI=1S/C74H54N2O2/c1-5-23-62-52(8-4)54-30-17-18-37-63(54)74(62)64-45-67(76(50-28-13-10-14-29-50)66-39-22-36-60-58-34-20-25-47(7-3)71(58)78-73(60)66)55-31-15-16-32-56(55)68(64)61-42-40-48-44-51(41-43-53(48)69(61)74)75(49-26-11-9-12-27-49)65-38-21-35-59-57-33-19-24-46(6-2)70(57)77-72(59)65/h5,8-45H,4,6-7H2,1-3H3/b23-5-. The minimum atomic E-state index is -0.739. The Balaban J connectivity index is 1.03. The van der Waals surface area contributed by atoms with E-state index < -0.39 is 5.41 Å². The van der Waals surface area contributed by atoms with E-state index in [1.807, 2.05) is 0 Å². The van der Waals surface area contributed by atoms with Crippen molar-refractivity contribution in [1.82, 2.24) is 0 Å². The molecule has 0 bridgehead atoms. The van der Waals surface area contributed by atoms with E-state index in [2.05, 4.69) is 274 Å². The molecule has 4 nitrogen and oxygen atoms in total. The van der Waals surface area contributed by atoms with E-state index in [0.29, 0.717) is 0 Å². The molecule has 0 amide bonds. The highest BCUT2D eigenvalue weighted by Gasteiger charge is 2.53. The Morgan fingerprint density at radius 2 is 0.987 bits per heavy atom. The van der Waals surface area contributed by atoms with Crippen molar-refractivity contribution in [3.63, 3.8) is 0 Å². The van der Waals surface area contributed by atoms with E-state index in [1.54, 1.807) is 0 Å². The Hall–Kier alpha value is -9.64. The topological polar surface area (TPSA) is 32.8 Å². The number of aryl methyl sites for hydroxylation is 2. The molecule has 0 radical (unpaired) electrons. The van der Waals surface area contributed by atoms with Crippen LogP contribution < -0.4 is 9.80 Å². The molecule has 13 aromatic rings. The molecule has 0 saturated carbocycles. The summed E-state index contributed by atoms with van der Waals surface area (Å²) in [4.78, 5) is 4.81. The zero-order valence-corrected chi connectivity index (χ0v) is 43.8. The van der Waals surface area contributed by atoms with Crippen LogP contribution in [0, 0.1) is 0 Å². The fourth-order valence-electron chi connectivity index (χ4n) is 13.7. The molecule has 2 aliphatic carbocycles. The first-order valence-corrected chi connectivity index (χ1v) is 27.4. The van der Waals surface area contributed by atoms with Crippen molar-refractivity contribution in [3.05, 3.63) is 282 Å². The largest absolute Gasteiger partial charge is 0.454 e. The second-order valence-corrected chi connectivity index (χ2v) is 20.7. The summed E-state index contributed by atoms with van der Waals surface area (Å²) in [6.45, 7) is 11.1. The maximum Gasteiger partial charge on any atom is 0.159 e. The molecule has 2 aromatic heterocycles. The van der Waals surface area contributed by atoms with E-state index in [1.165, 1.54) is 60.9 Å². The number of nitrogens with zero attached hydrogens (tertiary/aromatic N) is 2. The number of benzene rings is 11. The van der Waals surface area contributed by atoms with Gasteiger partial charge >= 0.3 is 0 Å². The van der Waals surface area contributed by atoms with Crippen molar-refractivity contribution in [3.8, 4) is 11.1 Å². The van der Waals surface area contributed by atoms with Gasteiger partial charge in [-0.25, -0.2) is 0 Å². The van der Waals surface area contributed by atoms with Crippen LogP contribution >= 0.6 is 0 Å². The van der Waals surface area contributed by atoms with Gasteiger partial charge < -0.3 is 18.6 Å². The average Bonchev–Trinajstić information content (AvgIpc) is 3.66. The van der Waals surface area contributed by atoms with Crippen molar-refractivity contribution in [2.24, 2.45) is 0 Å². The SMILES string of the molecule is C=CC1=C(/C=C\C)C2(c3ccccc31)c1cc(N(c3ccccc3)c3cccc4c3oc3c(CC)cccc34)c3ccccc3c1-c1ccc3cc(N(c4ccccc4)c4cccc5c4oc4c(CC)cccc45)ccc3c12. The third kappa shape index (κ3) is 6.35. The number of fused-ring (bicyclic) bond motifs is 17. The van der Waals surface area contributed by atoms with Gasteiger partial charge in [-0.05, 0) is 146 Å². The average molecular weight is 1000 g/mol. The second-order valence-electron chi connectivity index (χ2n) is 20.7. The van der Waals surface area contributed by atoms with Gasteiger partial charge in [0.1, 0.15) is 11.2 Å². The molecule has 0 fully saturated rings. The fraction of sp³-hybridized carbons (Fsp3) is 0.0811. The number of hydrogen-bond donors (Lipinski definition) is 0. The minimum Gasteiger partial charge on any atom is -0.454 e. The third-order valence-corrected chi connectivity index (χ3v) is 16.9. The first-order valence-electron chi connectivity index (χ1n) is 27.4. The van der Waals surface area contributed by atoms with Gasteiger partial charge in [0.15, 0.2) is 11.2 Å². The molecular weight excluding hydrogens is 949 g/mol.